The summed E-state index contributed by atoms with van der Waals surface area (Å²) in [5.74, 6) is -2.78. The van der Waals surface area contributed by atoms with Crippen molar-refractivity contribution < 1.29 is 32.2 Å². The Labute approximate surface area is 205 Å². The summed E-state index contributed by atoms with van der Waals surface area (Å²) in [7, 11) is 0. The van der Waals surface area contributed by atoms with E-state index in [1.54, 1.807) is 85.8 Å². The summed E-state index contributed by atoms with van der Waals surface area (Å²) in [6, 6.07) is 21.6. The Hall–Kier alpha value is -3.91. The molecule has 0 saturated carbocycles. The number of nitrogens with zero attached hydrogens (tertiary/aromatic N) is 1. The Bertz CT molecular complexity index is 1320. The van der Waals surface area contributed by atoms with Crippen LogP contribution in [0.5, 0.6) is 0 Å². The number of benzene rings is 3. The van der Waals surface area contributed by atoms with Crippen molar-refractivity contribution in [3.05, 3.63) is 113 Å². The predicted octanol–water partition coefficient (Wildman–Crippen LogP) is 5.79. The molecule has 5 rings (SSSR count). The highest BCUT2D eigenvalue weighted by Gasteiger charge is 2.63. The fourth-order valence-electron chi connectivity index (χ4n) is 5.12. The van der Waals surface area contributed by atoms with Crippen molar-refractivity contribution in [2.75, 3.05) is 11.5 Å². The third-order valence-corrected chi connectivity index (χ3v) is 6.45. The van der Waals surface area contributed by atoms with Crippen LogP contribution in [0.15, 0.2) is 96.6 Å². The minimum atomic E-state index is -5.19. The topological polar surface area (TPSA) is 55.8 Å². The fraction of sp³-hybridized carbons (Fsp3) is 0.214. The average Bonchev–Trinajstić information content (AvgIpc) is 3.43. The number of esters is 1. The molecule has 2 aliphatic rings. The summed E-state index contributed by atoms with van der Waals surface area (Å²) in [6.07, 6.45) is -4.29. The number of fused-ring (bicyclic) bond motifs is 5. The maximum atomic E-state index is 14.1. The third kappa shape index (κ3) is 3.69. The Morgan fingerprint density at radius 3 is 2.22 bits per heavy atom. The molecular formula is C28H22F3NO4. The number of ether oxygens (including phenoxy) is 2. The lowest BCUT2D eigenvalue weighted by atomic mass is 9.73. The van der Waals surface area contributed by atoms with Gasteiger partial charge in [0.25, 0.3) is 0 Å². The van der Waals surface area contributed by atoms with Crippen LogP contribution in [0.1, 0.15) is 35.8 Å². The number of carbonyl (C=O) groups excluding carboxylic acids is 2. The van der Waals surface area contributed by atoms with Gasteiger partial charge in [0.2, 0.25) is 0 Å². The number of anilines is 1. The summed E-state index contributed by atoms with van der Waals surface area (Å²) < 4.78 is 54.1. The molecule has 2 aliphatic heterocycles. The largest absolute Gasteiger partial charge is 0.471 e. The van der Waals surface area contributed by atoms with Crippen LogP contribution in [0, 0.1) is 0 Å². The molecule has 184 valence electrons. The maximum Gasteiger partial charge on any atom is 0.471 e. The van der Waals surface area contributed by atoms with E-state index in [4.69, 9.17) is 9.47 Å². The van der Waals surface area contributed by atoms with Crippen LogP contribution in [0.3, 0.4) is 0 Å². The molecule has 0 aromatic heterocycles. The zero-order valence-corrected chi connectivity index (χ0v) is 19.2. The third-order valence-electron chi connectivity index (χ3n) is 6.45. The molecule has 3 atom stereocenters. The van der Waals surface area contributed by atoms with Gasteiger partial charge < -0.3 is 9.47 Å². The second kappa shape index (κ2) is 8.95. The lowest BCUT2D eigenvalue weighted by molar-refractivity contribution is -0.172. The van der Waals surface area contributed by atoms with Gasteiger partial charge >= 0.3 is 18.1 Å². The van der Waals surface area contributed by atoms with Crippen LogP contribution in [0.25, 0.3) is 0 Å². The van der Waals surface area contributed by atoms with Crippen molar-refractivity contribution in [3.8, 4) is 0 Å². The number of rotatable bonds is 6. The Balaban J connectivity index is 1.83. The number of carbonyl (C=O) groups is 2. The number of halogens is 3. The first kappa shape index (κ1) is 23.8. The van der Waals surface area contributed by atoms with Crippen LogP contribution in [0.4, 0.5) is 18.9 Å². The fourth-order valence-corrected chi connectivity index (χ4v) is 5.12. The van der Waals surface area contributed by atoms with Crippen molar-refractivity contribution in [2.24, 2.45) is 0 Å². The smallest absolute Gasteiger partial charge is 0.463 e. The van der Waals surface area contributed by atoms with Crippen LogP contribution >= 0.6 is 0 Å². The molecule has 3 aromatic rings. The molecule has 0 N–H and O–H groups in total. The SMILES string of the molecule is CCOC(=O)C1=CC2OC1(C(c1ccccc1)N(C(=O)C(F)(F)F)c1ccccc1)c1ccccc12. The van der Waals surface area contributed by atoms with E-state index in [1.807, 2.05) is 0 Å². The molecule has 0 spiro atoms. The van der Waals surface area contributed by atoms with Gasteiger partial charge in [-0.25, -0.2) is 4.79 Å². The molecule has 36 heavy (non-hydrogen) atoms. The van der Waals surface area contributed by atoms with Crippen molar-refractivity contribution in [2.45, 2.75) is 30.8 Å². The van der Waals surface area contributed by atoms with E-state index in [1.165, 1.54) is 12.1 Å². The van der Waals surface area contributed by atoms with Crippen LogP contribution in [-0.2, 0) is 24.7 Å². The highest BCUT2D eigenvalue weighted by Crippen LogP contribution is 2.62. The highest BCUT2D eigenvalue weighted by molar-refractivity contribution is 6.00. The number of para-hydroxylation sites is 1. The number of alkyl halides is 3. The summed E-state index contributed by atoms with van der Waals surface area (Å²) in [5.41, 5.74) is -0.0395. The van der Waals surface area contributed by atoms with Crippen molar-refractivity contribution in [1.82, 2.24) is 0 Å². The molecule has 0 saturated heterocycles. The molecule has 1 amide bonds. The first-order valence-corrected chi connectivity index (χ1v) is 11.5. The predicted molar refractivity (Wildman–Crippen MR) is 126 cm³/mol. The van der Waals surface area contributed by atoms with Gasteiger partial charge in [0.15, 0.2) is 5.60 Å². The van der Waals surface area contributed by atoms with E-state index in [0.29, 0.717) is 16.0 Å². The number of hydrogen-bond acceptors (Lipinski definition) is 4. The summed E-state index contributed by atoms with van der Waals surface area (Å²) in [5, 5.41) is 0. The first-order valence-electron chi connectivity index (χ1n) is 11.5. The molecule has 5 nitrogen and oxygen atoms in total. The van der Waals surface area contributed by atoms with E-state index in [9.17, 15) is 22.8 Å². The Morgan fingerprint density at radius 1 is 0.972 bits per heavy atom. The Kier molecular flexibility index (Phi) is 5.92. The van der Waals surface area contributed by atoms with E-state index in [0.717, 1.165) is 5.56 Å². The molecule has 0 aliphatic carbocycles. The summed E-state index contributed by atoms with van der Waals surface area (Å²) in [4.78, 5) is 27.0. The lowest BCUT2D eigenvalue weighted by Gasteiger charge is -2.43. The highest BCUT2D eigenvalue weighted by atomic mass is 19.4. The molecule has 2 heterocycles. The number of hydrogen-bond donors (Lipinski definition) is 0. The van der Waals surface area contributed by atoms with Gasteiger partial charge in [0.05, 0.1) is 18.2 Å². The Morgan fingerprint density at radius 2 is 1.58 bits per heavy atom. The quantitative estimate of drug-likeness (QED) is 0.408. The molecule has 2 bridgehead atoms. The second-order valence-electron chi connectivity index (χ2n) is 8.48. The molecular weight excluding hydrogens is 471 g/mol. The van der Waals surface area contributed by atoms with Crippen molar-refractivity contribution >= 4 is 17.6 Å². The van der Waals surface area contributed by atoms with Gasteiger partial charge in [0.1, 0.15) is 6.10 Å². The lowest BCUT2D eigenvalue weighted by Crippen LogP contribution is -2.52. The normalized spacial score (nSPS) is 20.9. The first-order chi connectivity index (χ1) is 17.3. The van der Waals surface area contributed by atoms with Crippen LogP contribution < -0.4 is 4.90 Å². The monoisotopic (exact) mass is 493 g/mol. The van der Waals surface area contributed by atoms with E-state index in [2.05, 4.69) is 0 Å². The average molecular weight is 493 g/mol. The minimum absolute atomic E-state index is 0.0164. The van der Waals surface area contributed by atoms with E-state index in [-0.39, 0.29) is 17.9 Å². The van der Waals surface area contributed by atoms with E-state index < -0.39 is 35.8 Å². The standard InChI is InChI=1S/C28H22F3NO4/c1-2-35-25(33)22-17-23-20-15-9-10-16-21(20)27(22,36-23)24(18-11-5-3-6-12-18)32(26(34)28(29,30)31)19-13-7-4-8-14-19/h3-17,23-24H,2H2,1H3. The molecule has 3 unspecified atom stereocenters. The molecule has 3 aromatic carbocycles. The zero-order chi connectivity index (χ0) is 25.5. The minimum Gasteiger partial charge on any atom is -0.463 e. The van der Waals surface area contributed by atoms with Gasteiger partial charge in [-0.1, -0.05) is 72.8 Å². The van der Waals surface area contributed by atoms with Gasteiger partial charge in [-0.2, -0.15) is 13.2 Å². The van der Waals surface area contributed by atoms with Crippen LogP contribution in [0.2, 0.25) is 0 Å². The molecule has 0 radical (unpaired) electrons. The van der Waals surface area contributed by atoms with Gasteiger partial charge in [-0.15, -0.1) is 0 Å². The van der Waals surface area contributed by atoms with Crippen molar-refractivity contribution in [1.29, 1.82) is 0 Å². The van der Waals surface area contributed by atoms with E-state index >= 15 is 0 Å². The van der Waals surface area contributed by atoms with Gasteiger partial charge in [-0.3, -0.25) is 9.69 Å². The summed E-state index contributed by atoms with van der Waals surface area (Å²) >= 11 is 0. The number of amides is 1. The van der Waals surface area contributed by atoms with Gasteiger partial charge in [-0.05, 0) is 41.8 Å². The van der Waals surface area contributed by atoms with Crippen LogP contribution in [-0.4, -0.2) is 24.7 Å². The maximum absolute atomic E-state index is 14.1. The summed E-state index contributed by atoms with van der Waals surface area (Å²) in [6.45, 7) is 1.71. The van der Waals surface area contributed by atoms with Crippen molar-refractivity contribution in [3.63, 3.8) is 0 Å². The molecule has 0 fully saturated rings. The zero-order valence-electron chi connectivity index (χ0n) is 19.2. The van der Waals surface area contributed by atoms with Gasteiger partial charge in [0, 0.05) is 5.69 Å². The second-order valence-corrected chi connectivity index (χ2v) is 8.48. The molecule has 8 heteroatoms.